The van der Waals surface area contributed by atoms with Crippen LogP contribution in [0, 0.1) is 0 Å². The Bertz CT molecular complexity index is 1210. The van der Waals surface area contributed by atoms with Crippen LogP contribution in [-0.2, 0) is 0 Å². The number of nitrogens with one attached hydrogen (secondary N) is 1. The minimum atomic E-state index is -0.221. The fourth-order valence-electron chi connectivity index (χ4n) is 3.92. The third-order valence-electron chi connectivity index (χ3n) is 5.28. The summed E-state index contributed by atoms with van der Waals surface area (Å²) in [4.78, 5) is 16.1. The van der Waals surface area contributed by atoms with Gasteiger partial charge in [-0.1, -0.05) is 12.1 Å². The highest BCUT2D eigenvalue weighted by Gasteiger charge is 2.17. The number of piperidine rings is 1. The molecule has 1 saturated heterocycles. The number of aromatic nitrogens is 3. The van der Waals surface area contributed by atoms with Gasteiger partial charge < -0.3 is 10.4 Å². The first-order valence-electron chi connectivity index (χ1n) is 8.86. The predicted octanol–water partition coefficient (Wildman–Crippen LogP) is 1.74. The summed E-state index contributed by atoms with van der Waals surface area (Å²) in [6.45, 7) is 1.98. The molecular weight excluding hydrogens is 328 g/mol. The van der Waals surface area contributed by atoms with Crippen molar-refractivity contribution in [2.75, 3.05) is 13.1 Å². The van der Waals surface area contributed by atoms with E-state index in [9.17, 15) is 9.90 Å². The molecule has 0 radical (unpaired) electrons. The average molecular weight is 346 g/mol. The zero-order valence-electron chi connectivity index (χ0n) is 14.1. The van der Waals surface area contributed by atoms with E-state index in [0.29, 0.717) is 27.7 Å². The molecule has 3 heterocycles. The van der Waals surface area contributed by atoms with Crippen LogP contribution in [-0.4, -0.2) is 33.0 Å². The number of aliphatic hydroxyl groups is 1. The van der Waals surface area contributed by atoms with Crippen LogP contribution in [0.5, 0.6) is 0 Å². The molecule has 0 saturated carbocycles. The predicted molar refractivity (Wildman–Crippen MR) is 100 cm³/mol. The molecule has 0 unspecified atom stereocenters. The summed E-state index contributed by atoms with van der Waals surface area (Å²) in [7, 11) is 0. The normalized spacial score (nSPS) is 17.2. The Morgan fingerprint density at radius 3 is 2.81 bits per heavy atom. The Hall–Kier alpha value is -2.99. The molecule has 5 rings (SSSR count). The number of hydrogen-bond donors (Lipinski definition) is 2. The topological polar surface area (TPSA) is 80.0 Å². The molecule has 0 spiro atoms. The number of rotatable bonds is 2. The maximum Gasteiger partial charge on any atom is 0.278 e. The molecule has 1 aliphatic rings. The molecule has 26 heavy (non-hydrogen) atoms. The highest BCUT2D eigenvalue weighted by molar-refractivity contribution is 6.09. The second-order valence-corrected chi connectivity index (χ2v) is 6.82. The van der Waals surface area contributed by atoms with Gasteiger partial charge in [0.1, 0.15) is 5.76 Å². The largest absolute Gasteiger partial charge is 0.507 e. The van der Waals surface area contributed by atoms with Gasteiger partial charge in [0.2, 0.25) is 0 Å². The standard InChI is InChI=1S/C20H18N4O2/c25-19(12-10-22-24(11-12)13-6-8-21-9-7-13)15-4-5-17-18-14(15)2-1-3-16(18)20(26)23-17/h1-5,10-11,13,21,25H,6-9H2/b19-15-. The van der Waals surface area contributed by atoms with E-state index < -0.39 is 0 Å². The van der Waals surface area contributed by atoms with Crippen molar-refractivity contribution in [3.63, 3.8) is 0 Å². The lowest BCUT2D eigenvalue weighted by Gasteiger charge is -2.22. The highest BCUT2D eigenvalue weighted by atomic mass is 16.3. The van der Waals surface area contributed by atoms with Crippen molar-refractivity contribution in [2.24, 2.45) is 0 Å². The van der Waals surface area contributed by atoms with E-state index in [1.807, 2.05) is 29.1 Å². The van der Waals surface area contributed by atoms with Gasteiger partial charge in [-0.25, -0.2) is 4.98 Å². The van der Waals surface area contributed by atoms with Crippen LogP contribution < -0.4 is 16.1 Å². The number of benzene rings is 2. The van der Waals surface area contributed by atoms with Crippen molar-refractivity contribution >= 4 is 27.4 Å². The summed E-state index contributed by atoms with van der Waals surface area (Å²) >= 11 is 0. The van der Waals surface area contributed by atoms with E-state index in [2.05, 4.69) is 15.4 Å². The lowest BCUT2D eigenvalue weighted by Crippen LogP contribution is -2.29. The summed E-state index contributed by atoms with van der Waals surface area (Å²) in [6.07, 6.45) is 5.68. The van der Waals surface area contributed by atoms with Crippen LogP contribution >= 0.6 is 0 Å². The van der Waals surface area contributed by atoms with Gasteiger partial charge in [-0.05, 0) is 49.5 Å². The van der Waals surface area contributed by atoms with Crippen molar-refractivity contribution in [1.82, 2.24) is 20.1 Å². The van der Waals surface area contributed by atoms with E-state index in [1.54, 1.807) is 18.3 Å². The van der Waals surface area contributed by atoms with Gasteiger partial charge in [-0.2, -0.15) is 5.10 Å². The van der Waals surface area contributed by atoms with Crippen molar-refractivity contribution in [2.45, 2.75) is 18.9 Å². The Morgan fingerprint density at radius 2 is 1.96 bits per heavy atom. The third kappa shape index (κ3) is 2.26. The molecular formula is C20H18N4O2. The van der Waals surface area contributed by atoms with Crippen LogP contribution in [0.1, 0.15) is 24.4 Å². The summed E-state index contributed by atoms with van der Waals surface area (Å²) in [5.41, 5.74) is 1.13. The fraction of sp³-hybridized carbons (Fsp3) is 0.250. The summed E-state index contributed by atoms with van der Waals surface area (Å²) in [5.74, 6) is 0.174. The maximum atomic E-state index is 12.0. The van der Waals surface area contributed by atoms with E-state index in [4.69, 9.17) is 0 Å². The zero-order valence-corrected chi connectivity index (χ0v) is 14.1. The Kier molecular flexibility index (Phi) is 3.39. The molecule has 0 bridgehead atoms. The maximum absolute atomic E-state index is 12.0. The first-order chi connectivity index (χ1) is 12.7. The lowest BCUT2D eigenvalue weighted by molar-refractivity contribution is 0.343. The van der Waals surface area contributed by atoms with E-state index in [0.717, 1.165) is 36.7 Å². The molecule has 2 N–H and O–H groups in total. The molecule has 6 heteroatoms. The Labute approximate surface area is 149 Å². The fourth-order valence-corrected chi connectivity index (χ4v) is 3.92. The van der Waals surface area contributed by atoms with Gasteiger partial charge in [0.25, 0.3) is 5.56 Å². The molecule has 2 aromatic carbocycles. The highest BCUT2D eigenvalue weighted by Crippen LogP contribution is 2.23. The molecule has 1 fully saturated rings. The number of nitrogens with zero attached hydrogens (tertiary/aromatic N) is 3. The lowest BCUT2D eigenvalue weighted by atomic mass is 10.0. The molecule has 2 aromatic heterocycles. The van der Waals surface area contributed by atoms with Crippen molar-refractivity contribution < 1.29 is 5.11 Å². The van der Waals surface area contributed by atoms with Gasteiger partial charge in [-0.3, -0.25) is 9.48 Å². The van der Waals surface area contributed by atoms with Crippen molar-refractivity contribution in [3.8, 4) is 0 Å². The van der Waals surface area contributed by atoms with Gasteiger partial charge >= 0.3 is 0 Å². The molecule has 0 amide bonds. The van der Waals surface area contributed by atoms with Gasteiger partial charge in [0, 0.05) is 16.8 Å². The molecule has 0 aliphatic carbocycles. The van der Waals surface area contributed by atoms with E-state index >= 15 is 0 Å². The van der Waals surface area contributed by atoms with Crippen LogP contribution in [0.4, 0.5) is 0 Å². The second-order valence-electron chi connectivity index (χ2n) is 6.82. The Morgan fingerprint density at radius 1 is 1.15 bits per heavy atom. The number of aliphatic hydroxyl groups excluding tert-OH is 1. The van der Waals surface area contributed by atoms with Crippen LogP contribution in [0.2, 0.25) is 0 Å². The van der Waals surface area contributed by atoms with E-state index in [-0.39, 0.29) is 11.3 Å². The van der Waals surface area contributed by atoms with Gasteiger partial charge in [0.15, 0.2) is 0 Å². The smallest absolute Gasteiger partial charge is 0.278 e. The van der Waals surface area contributed by atoms with Crippen LogP contribution in [0.3, 0.4) is 0 Å². The molecule has 1 aliphatic heterocycles. The van der Waals surface area contributed by atoms with Crippen LogP contribution in [0.15, 0.2) is 47.5 Å². The summed E-state index contributed by atoms with van der Waals surface area (Å²) in [5, 5.41) is 21.7. The first kappa shape index (κ1) is 15.3. The van der Waals surface area contributed by atoms with Gasteiger partial charge in [-0.15, -0.1) is 0 Å². The zero-order chi connectivity index (χ0) is 17.7. The molecule has 4 aromatic rings. The molecule has 0 atom stereocenters. The quantitative estimate of drug-likeness (QED) is 0.578. The SMILES string of the molecule is O=c1nc2cc/c(=C(/O)c3cnn(C4CCNCC4)c3)c3cccc1c23. The Balaban J connectivity index is 1.68. The minimum absolute atomic E-state index is 0.174. The van der Waals surface area contributed by atoms with Crippen LogP contribution in [0.25, 0.3) is 27.4 Å². The van der Waals surface area contributed by atoms with Crippen molar-refractivity contribution in [1.29, 1.82) is 0 Å². The monoisotopic (exact) mass is 346 g/mol. The van der Waals surface area contributed by atoms with E-state index in [1.165, 1.54) is 0 Å². The van der Waals surface area contributed by atoms with Gasteiger partial charge in [0.05, 0.1) is 28.7 Å². The second kappa shape index (κ2) is 5.78. The molecule has 6 nitrogen and oxygen atoms in total. The number of hydrogen-bond acceptors (Lipinski definition) is 5. The average Bonchev–Trinajstić information content (AvgIpc) is 3.29. The summed E-state index contributed by atoms with van der Waals surface area (Å²) in [6, 6.07) is 9.50. The third-order valence-corrected chi connectivity index (χ3v) is 5.28. The summed E-state index contributed by atoms with van der Waals surface area (Å²) < 4.78 is 1.95. The first-order valence-corrected chi connectivity index (χ1v) is 8.86. The minimum Gasteiger partial charge on any atom is -0.507 e. The molecule has 130 valence electrons. The van der Waals surface area contributed by atoms with Crippen molar-refractivity contribution in [3.05, 3.63) is 63.9 Å².